The second-order valence-electron chi connectivity index (χ2n) is 4.05. The molecule has 1 nitrogen and oxygen atoms in total. The summed E-state index contributed by atoms with van der Waals surface area (Å²) >= 11 is 1.92. The SMILES string of the molecule is CCSc1ccccc1NC1CCCC1. The molecule has 2 heteroatoms. The van der Waals surface area contributed by atoms with Crippen LogP contribution < -0.4 is 5.32 Å². The van der Waals surface area contributed by atoms with Crippen LogP contribution in [0.2, 0.25) is 0 Å². The molecule has 1 aromatic rings. The number of hydrogen-bond donors (Lipinski definition) is 1. The summed E-state index contributed by atoms with van der Waals surface area (Å²) in [6, 6.07) is 9.37. The number of hydrogen-bond acceptors (Lipinski definition) is 2. The molecule has 82 valence electrons. The summed E-state index contributed by atoms with van der Waals surface area (Å²) in [4.78, 5) is 1.40. The normalized spacial score (nSPS) is 16.9. The molecule has 1 saturated carbocycles. The van der Waals surface area contributed by atoms with Crippen LogP contribution in [0.25, 0.3) is 0 Å². The Kier molecular flexibility index (Phi) is 3.95. The average molecular weight is 221 g/mol. The molecule has 0 radical (unpaired) electrons. The van der Waals surface area contributed by atoms with Crippen LogP contribution in [0.3, 0.4) is 0 Å². The Morgan fingerprint density at radius 3 is 2.73 bits per heavy atom. The zero-order chi connectivity index (χ0) is 10.5. The molecular weight excluding hydrogens is 202 g/mol. The summed E-state index contributed by atoms with van der Waals surface area (Å²) < 4.78 is 0. The van der Waals surface area contributed by atoms with Crippen LogP contribution in [0.15, 0.2) is 29.2 Å². The molecule has 1 aromatic carbocycles. The lowest BCUT2D eigenvalue weighted by Crippen LogP contribution is -2.14. The lowest BCUT2D eigenvalue weighted by molar-refractivity contribution is 0.753. The third-order valence-electron chi connectivity index (χ3n) is 2.90. The molecule has 0 aliphatic heterocycles. The van der Waals surface area contributed by atoms with E-state index in [4.69, 9.17) is 0 Å². The lowest BCUT2D eigenvalue weighted by atomic mass is 10.2. The van der Waals surface area contributed by atoms with Crippen LogP contribution in [-0.2, 0) is 0 Å². The summed E-state index contributed by atoms with van der Waals surface area (Å²) in [5, 5.41) is 3.67. The predicted octanol–water partition coefficient (Wildman–Crippen LogP) is 4.15. The number of anilines is 1. The van der Waals surface area contributed by atoms with Crippen LogP contribution in [0.5, 0.6) is 0 Å². The largest absolute Gasteiger partial charge is 0.381 e. The van der Waals surface area contributed by atoms with Gasteiger partial charge in [-0.25, -0.2) is 0 Å². The highest BCUT2D eigenvalue weighted by Crippen LogP contribution is 2.29. The molecule has 2 rings (SSSR count). The van der Waals surface area contributed by atoms with Gasteiger partial charge in [-0.05, 0) is 30.7 Å². The topological polar surface area (TPSA) is 12.0 Å². The van der Waals surface area contributed by atoms with E-state index in [1.54, 1.807) is 0 Å². The van der Waals surface area contributed by atoms with Gasteiger partial charge in [-0.1, -0.05) is 31.9 Å². The summed E-state index contributed by atoms with van der Waals surface area (Å²) in [6.07, 6.45) is 5.46. The minimum absolute atomic E-state index is 0.712. The van der Waals surface area contributed by atoms with Crippen LogP contribution in [0.1, 0.15) is 32.6 Å². The van der Waals surface area contributed by atoms with Gasteiger partial charge in [0, 0.05) is 16.6 Å². The van der Waals surface area contributed by atoms with Crippen LogP contribution in [0, 0.1) is 0 Å². The van der Waals surface area contributed by atoms with Gasteiger partial charge in [0.15, 0.2) is 0 Å². The minimum Gasteiger partial charge on any atom is -0.381 e. The Labute approximate surface area is 96.7 Å². The van der Waals surface area contributed by atoms with E-state index in [-0.39, 0.29) is 0 Å². The van der Waals surface area contributed by atoms with Gasteiger partial charge >= 0.3 is 0 Å². The van der Waals surface area contributed by atoms with Gasteiger partial charge in [0.2, 0.25) is 0 Å². The van der Waals surface area contributed by atoms with E-state index in [0.29, 0.717) is 6.04 Å². The van der Waals surface area contributed by atoms with E-state index < -0.39 is 0 Å². The number of para-hydroxylation sites is 1. The smallest absolute Gasteiger partial charge is 0.0480 e. The fourth-order valence-electron chi connectivity index (χ4n) is 2.16. The first-order chi connectivity index (χ1) is 7.40. The minimum atomic E-state index is 0.712. The van der Waals surface area contributed by atoms with Crippen molar-refractivity contribution in [2.75, 3.05) is 11.1 Å². The zero-order valence-corrected chi connectivity index (χ0v) is 10.1. The molecule has 1 aliphatic rings. The standard InChI is InChI=1S/C13H19NS/c1-2-15-13-10-6-5-9-12(13)14-11-7-3-4-8-11/h5-6,9-11,14H,2-4,7-8H2,1H3. The van der Waals surface area contributed by atoms with Crippen LogP contribution in [0.4, 0.5) is 5.69 Å². The van der Waals surface area contributed by atoms with E-state index in [0.717, 1.165) is 5.75 Å². The maximum absolute atomic E-state index is 3.67. The van der Waals surface area contributed by atoms with Crippen molar-refractivity contribution in [3.63, 3.8) is 0 Å². The second-order valence-corrected chi connectivity index (χ2v) is 5.36. The van der Waals surface area contributed by atoms with Gasteiger partial charge in [0.25, 0.3) is 0 Å². The van der Waals surface area contributed by atoms with Gasteiger partial charge in [0.1, 0.15) is 0 Å². The van der Waals surface area contributed by atoms with Gasteiger partial charge in [-0.15, -0.1) is 11.8 Å². The maximum Gasteiger partial charge on any atom is 0.0480 e. The highest BCUT2D eigenvalue weighted by Gasteiger charge is 2.15. The van der Waals surface area contributed by atoms with Crippen molar-refractivity contribution < 1.29 is 0 Å². The van der Waals surface area contributed by atoms with E-state index in [1.807, 2.05) is 11.8 Å². The molecule has 0 heterocycles. The van der Waals surface area contributed by atoms with E-state index in [2.05, 4.69) is 36.5 Å². The molecule has 0 spiro atoms. The molecule has 1 fully saturated rings. The Hall–Kier alpha value is -0.630. The van der Waals surface area contributed by atoms with Gasteiger partial charge in [-0.2, -0.15) is 0 Å². The van der Waals surface area contributed by atoms with Crippen molar-refractivity contribution in [2.24, 2.45) is 0 Å². The van der Waals surface area contributed by atoms with Crippen molar-refractivity contribution in [3.8, 4) is 0 Å². The third-order valence-corrected chi connectivity index (χ3v) is 3.86. The summed E-state index contributed by atoms with van der Waals surface area (Å²) in [6.45, 7) is 2.21. The Balaban J connectivity index is 2.05. The molecule has 1 N–H and O–H groups in total. The molecule has 0 unspecified atom stereocenters. The van der Waals surface area contributed by atoms with Crippen molar-refractivity contribution in [1.82, 2.24) is 0 Å². The van der Waals surface area contributed by atoms with Gasteiger partial charge in [0.05, 0.1) is 0 Å². The number of nitrogens with one attached hydrogen (secondary N) is 1. The number of thioether (sulfide) groups is 1. The zero-order valence-electron chi connectivity index (χ0n) is 9.33. The number of benzene rings is 1. The molecule has 0 saturated heterocycles. The van der Waals surface area contributed by atoms with Crippen molar-refractivity contribution in [1.29, 1.82) is 0 Å². The van der Waals surface area contributed by atoms with Gasteiger partial charge in [-0.3, -0.25) is 0 Å². The Morgan fingerprint density at radius 2 is 2.00 bits per heavy atom. The summed E-state index contributed by atoms with van der Waals surface area (Å²) in [5.74, 6) is 1.14. The molecule has 15 heavy (non-hydrogen) atoms. The average Bonchev–Trinajstić information content (AvgIpc) is 2.74. The lowest BCUT2D eigenvalue weighted by Gasteiger charge is -2.16. The molecular formula is C13H19NS. The first kappa shape index (κ1) is 10.9. The highest BCUT2D eigenvalue weighted by atomic mass is 32.2. The molecule has 0 atom stereocenters. The quantitative estimate of drug-likeness (QED) is 0.766. The molecule has 0 aromatic heterocycles. The summed E-state index contributed by atoms with van der Waals surface area (Å²) in [5.41, 5.74) is 1.33. The van der Waals surface area contributed by atoms with Gasteiger partial charge < -0.3 is 5.32 Å². The van der Waals surface area contributed by atoms with Crippen molar-refractivity contribution in [2.45, 2.75) is 43.5 Å². The predicted molar refractivity (Wildman–Crippen MR) is 68.7 cm³/mol. The first-order valence-electron chi connectivity index (χ1n) is 5.88. The first-order valence-corrected chi connectivity index (χ1v) is 6.87. The summed E-state index contributed by atoms with van der Waals surface area (Å²) in [7, 11) is 0. The maximum atomic E-state index is 3.67. The van der Waals surface area contributed by atoms with Crippen LogP contribution >= 0.6 is 11.8 Å². The highest BCUT2D eigenvalue weighted by molar-refractivity contribution is 7.99. The monoisotopic (exact) mass is 221 g/mol. The number of rotatable bonds is 4. The van der Waals surface area contributed by atoms with Crippen LogP contribution in [-0.4, -0.2) is 11.8 Å². The Bertz CT molecular complexity index is 305. The Morgan fingerprint density at radius 1 is 1.27 bits per heavy atom. The van der Waals surface area contributed by atoms with Crippen molar-refractivity contribution >= 4 is 17.4 Å². The fraction of sp³-hybridized carbons (Fsp3) is 0.538. The van der Waals surface area contributed by atoms with E-state index >= 15 is 0 Å². The fourth-order valence-corrected chi connectivity index (χ4v) is 2.93. The molecule has 1 aliphatic carbocycles. The van der Waals surface area contributed by atoms with E-state index in [9.17, 15) is 0 Å². The third kappa shape index (κ3) is 2.91. The molecule has 0 bridgehead atoms. The van der Waals surface area contributed by atoms with Crippen molar-refractivity contribution in [3.05, 3.63) is 24.3 Å². The molecule has 0 amide bonds. The van der Waals surface area contributed by atoms with E-state index in [1.165, 1.54) is 36.3 Å². The second kappa shape index (κ2) is 5.45.